The van der Waals surface area contributed by atoms with Gasteiger partial charge in [0.2, 0.25) is 11.8 Å². The number of halogens is 1. The molecule has 240 valence electrons. The molecule has 1 N–H and O–H groups in total. The van der Waals surface area contributed by atoms with Gasteiger partial charge in [0.1, 0.15) is 11.8 Å². The molecule has 0 radical (unpaired) electrons. The molecule has 2 aromatic carbocycles. The van der Waals surface area contributed by atoms with Crippen molar-refractivity contribution < 1.29 is 24.2 Å². The topological polar surface area (TPSA) is 90.4 Å². The number of nitrogens with zero attached hydrogens (tertiary/aromatic N) is 3. The van der Waals surface area contributed by atoms with Gasteiger partial charge in [0.15, 0.2) is 0 Å². The largest absolute Gasteiger partial charge is 0.494 e. The van der Waals surface area contributed by atoms with Crippen molar-refractivity contribution in [3.63, 3.8) is 0 Å². The molecule has 0 saturated carbocycles. The number of aliphatic hydroxyl groups is 1. The quantitative estimate of drug-likeness (QED) is 0.278. The van der Waals surface area contributed by atoms with Gasteiger partial charge in [-0.25, -0.2) is 0 Å². The van der Waals surface area contributed by atoms with Gasteiger partial charge in [0, 0.05) is 34.2 Å². The number of aliphatic hydroxyl groups excluding tert-OH is 1. The van der Waals surface area contributed by atoms with Gasteiger partial charge in [-0.15, -0.1) is 24.9 Å². The Hall–Kier alpha value is -3.27. The first-order chi connectivity index (χ1) is 21.6. The summed E-state index contributed by atoms with van der Waals surface area (Å²) in [5.41, 5.74) is 1.32. The molecule has 5 rings (SSSR count). The SMILES string of the molecule is C=CCN(C(=O)C1N([C@@H](CC)CO)C(=O)[C@@H]2[C@H](C(=O)N(CC=C)c3ccc(OCC)cc3)[C@]3(C)CCC12S3)c1ccc(Cl)cc1. The predicted molar refractivity (Wildman–Crippen MR) is 181 cm³/mol. The Labute approximate surface area is 275 Å². The highest BCUT2D eigenvalue weighted by Crippen LogP contribution is 2.72. The van der Waals surface area contributed by atoms with Gasteiger partial charge in [-0.1, -0.05) is 30.7 Å². The van der Waals surface area contributed by atoms with Crippen LogP contribution < -0.4 is 14.5 Å². The van der Waals surface area contributed by atoms with Crippen LogP contribution in [0.15, 0.2) is 73.8 Å². The highest BCUT2D eigenvalue weighted by atomic mass is 35.5. The van der Waals surface area contributed by atoms with E-state index in [1.165, 1.54) is 0 Å². The molecule has 2 unspecified atom stereocenters. The maximum absolute atomic E-state index is 14.8. The molecule has 3 fully saturated rings. The summed E-state index contributed by atoms with van der Waals surface area (Å²) < 4.78 is 4.21. The number of amides is 3. The maximum atomic E-state index is 14.8. The highest BCUT2D eigenvalue weighted by molar-refractivity contribution is 8.02. The first-order valence-electron chi connectivity index (χ1n) is 15.6. The fraction of sp³-hybridized carbons (Fsp3) is 0.457. The smallest absolute Gasteiger partial charge is 0.251 e. The number of thioether (sulfide) groups is 1. The molecule has 2 aromatic rings. The van der Waals surface area contributed by atoms with Crippen molar-refractivity contribution in [1.82, 2.24) is 4.90 Å². The van der Waals surface area contributed by atoms with Gasteiger partial charge < -0.3 is 24.5 Å². The number of ether oxygens (including phenoxy) is 1. The minimum absolute atomic E-state index is 0.167. The molecule has 0 aliphatic carbocycles. The van der Waals surface area contributed by atoms with E-state index in [0.717, 1.165) is 0 Å². The number of rotatable bonds is 13. The van der Waals surface area contributed by atoms with Crippen LogP contribution in [0.3, 0.4) is 0 Å². The summed E-state index contributed by atoms with van der Waals surface area (Å²) in [5.74, 6) is -1.36. The summed E-state index contributed by atoms with van der Waals surface area (Å²) in [6, 6.07) is 12.9. The summed E-state index contributed by atoms with van der Waals surface area (Å²) in [6.45, 7) is 14.4. The molecule has 6 atom stereocenters. The van der Waals surface area contributed by atoms with Crippen LogP contribution in [0.1, 0.15) is 40.0 Å². The van der Waals surface area contributed by atoms with Crippen molar-refractivity contribution in [3.8, 4) is 5.75 Å². The van der Waals surface area contributed by atoms with Crippen LogP contribution >= 0.6 is 23.4 Å². The lowest BCUT2D eigenvalue weighted by Crippen LogP contribution is -2.57. The molecule has 1 spiro atoms. The molecule has 45 heavy (non-hydrogen) atoms. The van der Waals surface area contributed by atoms with Crippen LogP contribution in [0.25, 0.3) is 0 Å². The predicted octanol–water partition coefficient (Wildman–Crippen LogP) is 5.73. The van der Waals surface area contributed by atoms with Crippen molar-refractivity contribution in [1.29, 1.82) is 0 Å². The number of anilines is 2. The maximum Gasteiger partial charge on any atom is 0.251 e. The molecular weight excluding hydrogens is 610 g/mol. The molecule has 3 aliphatic rings. The van der Waals surface area contributed by atoms with Gasteiger partial charge in [0.25, 0.3) is 5.91 Å². The Bertz CT molecular complexity index is 1450. The average molecular weight is 652 g/mol. The number of hydrogen-bond donors (Lipinski definition) is 1. The first kappa shape index (κ1) is 33.1. The van der Waals surface area contributed by atoms with Crippen molar-refractivity contribution >= 4 is 52.5 Å². The average Bonchev–Trinajstić information content (AvgIpc) is 3.61. The number of benzene rings is 2. The Morgan fingerprint density at radius 1 is 1.04 bits per heavy atom. The Kier molecular flexibility index (Phi) is 9.73. The Morgan fingerprint density at radius 2 is 1.62 bits per heavy atom. The van der Waals surface area contributed by atoms with Gasteiger partial charge >= 0.3 is 0 Å². The van der Waals surface area contributed by atoms with Crippen molar-refractivity contribution in [2.45, 2.75) is 61.6 Å². The van der Waals surface area contributed by atoms with E-state index in [4.69, 9.17) is 16.3 Å². The van der Waals surface area contributed by atoms with Crippen molar-refractivity contribution in [3.05, 3.63) is 78.9 Å². The lowest BCUT2D eigenvalue weighted by Gasteiger charge is -2.39. The van der Waals surface area contributed by atoms with Crippen molar-refractivity contribution in [2.24, 2.45) is 11.8 Å². The zero-order valence-corrected chi connectivity index (χ0v) is 27.7. The van der Waals surface area contributed by atoms with Gasteiger partial charge in [-0.2, -0.15) is 0 Å². The van der Waals surface area contributed by atoms with Gasteiger partial charge in [0.05, 0.1) is 35.8 Å². The fourth-order valence-corrected chi connectivity index (χ4v) is 10.0. The van der Waals surface area contributed by atoms with E-state index in [1.54, 1.807) is 62.9 Å². The van der Waals surface area contributed by atoms with Crippen molar-refractivity contribution in [2.75, 3.05) is 36.1 Å². The summed E-state index contributed by atoms with van der Waals surface area (Å²) in [6.07, 6.45) is 5.09. The number of carbonyl (C=O) groups excluding carboxylic acids is 3. The molecule has 3 saturated heterocycles. The highest BCUT2D eigenvalue weighted by Gasteiger charge is 2.78. The van der Waals surface area contributed by atoms with Crippen LogP contribution in [-0.2, 0) is 14.4 Å². The van der Waals surface area contributed by atoms with E-state index in [1.807, 2.05) is 38.1 Å². The van der Waals surface area contributed by atoms with E-state index in [-0.39, 0.29) is 37.4 Å². The fourth-order valence-electron chi connectivity index (χ4n) is 7.56. The Balaban J connectivity index is 1.59. The summed E-state index contributed by atoms with van der Waals surface area (Å²) in [7, 11) is 0. The number of hydrogen-bond acceptors (Lipinski definition) is 6. The third-order valence-corrected chi connectivity index (χ3v) is 11.8. The second kappa shape index (κ2) is 13.2. The second-order valence-corrected chi connectivity index (χ2v) is 14.4. The van der Waals surface area contributed by atoms with E-state index in [2.05, 4.69) is 20.1 Å². The van der Waals surface area contributed by atoms with Crippen LogP contribution in [-0.4, -0.2) is 75.6 Å². The lowest BCUT2D eigenvalue weighted by molar-refractivity contribution is -0.142. The third-order valence-electron chi connectivity index (χ3n) is 9.54. The standard InChI is InChI=1S/C35H42ClN3O5S/c1-6-20-37(26-14-16-27(17-15-26)44-9-4)31(41)28-29-32(42)39(24(8-3)22-40)30(35(29)19-18-34(28,5)45-35)33(43)38(21-7-2)25-12-10-23(36)11-13-25/h6-7,10-17,24,28-30,40H,1-2,8-9,18-22H2,3-5H3/t24-,28+,29-,30?,34-,35?/m0/s1. The normalized spacial score (nSPS) is 27.2. The third kappa shape index (κ3) is 5.57. The van der Waals surface area contributed by atoms with Crippen LogP contribution in [0, 0.1) is 11.8 Å². The summed E-state index contributed by atoms with van der Waals surface area (Å²) >= 11 is 7.78. The van der Waals surface area contributed by atoms with Gasteiger partial charge in [-0.05, 0) is 81.6 Å². The molecule has 3 heterocycles. The van der Waals surface area contributed by atoms with E-state index < -0.39 is 33.4 Å². The zero-order chi connectivity index (χ0) is 32.5. The molecular formula is C35H42ClN3O5S. The van der Waals surface area contributed by atoms with Crippen LogP contribution in [0.5, 0.6) is 5.75 Å². The summed E-state index contributed by atoms with van der Waals surface area (Å²) in [4.78, 5) is 49.1. The minimum Gasteiger partial charge on any atom is -0.494 e. The monoisotopic (exact) mass is 651 g/mol. The Morgan fingerprint density at radius 3 is 2.16 bits per heavy atom. The molecule has 10 heteroatoms. The molecule has 3 aliphatic heterocycles. The first-order valence-corrected chi connectivity index (χ1v) is 16.8. The molecule has 0 aromatic heterocycles. The van der Waals surface area contributed by atoms with E-state index >= 15 is 0 Å². The van der Waals surface area contributed by atoms with Crippen LogP contribution in [0.4, 0.5) is 11.4 Å². The number of likely N-dealkylation sites (tertiary alicyclic amines) is 1. The van der Waals surface area contributed by atoms with E-state index in [9.17, 15) is 19.5 Å². The van der Waals surface area contributed by atoms with Gasteiger partial charge in [-0.3, -0.25) is 14.4 Å². The molecule has 2 bridgehead atoms. The molecule has 8 nitrogen and oxygen atoms in total. The number of carbonyl (C=O) groups is 3. The lowest BCUT2D eigenvalue weighted by atomic mass is 9.66. The molecule has 3 amide bonds. The van der Waals surface area contributed by atoms with E-state index in [0.29, 0.717) is 48.0 Å². The second-order valence-electron chi connectivity index (χ2n) is 12.1. The summed E-state index contributed by atoms with van der Waals surface area (Å²) in [5, 5.41) is 11.0. The zero-order valence-electron chi connectivity index (χ0n) is 26.2. The number of fused-ring (bicyclic) bond motifs is 1. The minimum atomic E-state index is -0.870. The van der Waals surface area contributed by atoms with Crippen LogP contribution in [0.2, 0.25) is 5.02 Å².